The molecular weight excluding hydrogens is 233 g/mol. The predicted octanol–water partition coefficient (Wildman–Crippen LogP) is 3.46. The van der Waals surface area contributed by atoms with Crippen LogP contribution in [0.5, 0.6) is 0 Å². The second-order valence-electron chi connectivity index (χ2n) is 4.57. The van der Waals surface area contributed by atoms with Gasteiger partial charge in [-0.25, -0.2) is 4.39 Å². The molecule has 1 aromatic rings. The van der Waals surface area contributed by atoms with Gasteiger partial charge in [-0.2, -0.15) is 0 Å². The summed E-state index contributed by atoms with van der Waals surface area (Å²) in [6.07, 6.45) is 2.60. The molecule has 98 valence electrons. The van der Waals surface area contributed by atoms with Gasteiger partial charge in [0.1, 0.15) is 5.82 Å². The molecular formula is C14H18FNO2. The molecule has 0 unspecified atom stereocenters. The van der Waals surface area contributed by atoms with E-state index in [1.165, 1.54) is 6.07 Å². The normalized spacial score (nSPS) is 24.0. The Hall–Kier alpha value is -1.42. The molecule has 4 heteroatoms. The molecule has 0 saturated heterocycles. The van der Waals surface area contributed by atoms with E-state index in [4.69, 9.17) is 9.94 Å². The summed E-state index contributed by atoms with van der Waals surface area (Å²) < 4.78 is 19.8. The van der Waals surface area contributed by atoms with Gasteiger partial charge in [0.2, 0.25) is 0 Å². The van der Waals surface area contributed by atoms with Crippen molar-refractivity contribution >= 4 is 5.71 Å². The van der Waals surface area contributed by atoms with E-state index >= 15 is 0 Å². The first-order valence-corrected chi connectivity index (χ1v) is 6.30. The van der Waals surface area contributed by atoms with Gasteiger partial charge in [0, 0.05) is 12.2 Å². The van der Waals surface area contributed by atoms with Crippen molar-refractivity contribution < 1.29 is 14.3 Å². The molecule has 2 rings (SSSR count). The first kappa shape index (κ1) is 13.0. The lowest BCUT2D eigenvalue weighted by molar-refractivity contribution is -0.0616. The lowest BCUT2D eigenvalue weighted by atomic mass is 9.78. The average Bonchev–Trinajstić information content (AvgIpc) is 2.40. The summed E-state index contributed by atoms with van der Waals surface area (Å²) in [5.41, 5.74) is 0.805. The molecule has 0 spiro atoms. The number of nitrogens with zero attached hydrogens (tertiary/aromatic N) is 1. The highest BCUT2D eigenvalue weighted by Gasteiger charge is 2.38. The van der Waals surface area contributed by atoms with E-state index in [2.05, 4.69) is 5.16 Å². The van der Waals surface area contributed by atoms with Gasteiger partial charge in [0.25, 0.3) is 0 Å². The van der Waals surface area contributed by atoms with Crippen molar-refractivity contribution in [2.24, 2.45) is 5.16 Å². The van der Waals surface area contributed by atoms with Crippen LogP contribution in [-0.2, 0) is 10.3 Å². The van der Waals surface area contributed by atoms with Crippen LogP contribution in [0.15, 0.2) is 29.4 Å². The van der Waals surface area contributed by atoms with Crippen molar-refractivity contribution in [2.45, 2.75) is 38.2 Å². The van der Waals surface area contributed by atoms with Crippen molar-refractivity contribution in [1.82, 2.24) is 0 Å². The Kier molecular flexibility index (Phi) is 3.97. The van der Waals surface area contributed by atoms with Crippen LogP contribution in [0.1, 0.15) is 38.2 Å². The smallest absolute Gasteiger partial charge is 0.129 e. The number of halogens is 1. The molecule has 0 atom stereocenters. The third-order valence-corrected chi connectivity index (χ3v) is 3.56. The first-order valence-electron chi connectivity index (χ1n) is 6.30. The standard InChI is InChI=1S/C14H18FNO2/c1-2-18-14(9-7-11(16-17)8-10-14)12-5-3-4-6-13(12)15/h3-6,17H,2,7-10H2,1H3. The summed E-state index contributed by atoms with van der Waals surface area (Å²) in [7, 11) is 0. The molecule has 1 aliphatic carbocycles. The van der Waals surface area contributed by atoms with Gasteiger partial charge in [-0.3, -0.25) is 0 Å². The molecule has 0 aliphatic heterocycles. The van der Waals surface area contributed by atoms with E-state index in [1.807, 2.05) is 13.0 Å². The van der Waals surface area contributed by atoms with E-state index in [0.29, 0.717) is 37.9 Å². The fourth-order valence-electron chi connectivity index (χ4n) is 2.64. The van der Waals surface area contributed by atoms with E-state index in [0.717, 1.165) is 5.71 Å². The summed E-state index contributed by atoms with van der Waals surface area (Å²) in [4.78, 5) is 0. The lowest BCUT2D eigenvalue weighted by Crippen LogP contribution is -2.35. The topological polar surface area (TPSA) is 41.8 Å². The van der Waals surface area contributed by atoms with Crippen molar-refractivity contribution in [3.63, 3.8) is 0 Å². The lowest BCUT2D eigenvalue weighted by Gasteiger charge is -2.37. The summed E-state index contributed by atoms with van der Waals surface area (Å²) in [5.74, 6) is -0.227. The molecule has 0 amide bonds. The van der Waals surface area contributed by atoms with Gasteiger partial charge < -0.3 is 9.94 Å². The monoisotopic (exact) mass is 251 g/mol. The van der Waals surface area contributed by atoms with Crippen LogP contribution in [0.2, 0.25) is 0 Å². The number of oxime groups is 1. The fraction of sp³-hybridized carbons (Fsp3) is 0.500. The molecule has 0 radical (unpaired) electrons. The van der Waals surface area contributed by atoms with Crippen molar-refractivity contribution in [2.75, 3.05) is 6.61 Å². The highest BCUT2D eigenvalue weighted by molar-refractivity contribution is 5.84. The maximum absolute atomic E-state index is 14.0. The molecule has 18 heavy (non-hydrogen) atoms. The predicted molar refractivity (Wildman–Crippen MR) is 67.4 cm³/mol. The zero-order valence-corrected chi connectivity index (χ0v) is 10.5. The van der Waals surface area contributed by atoms with E-state index in [1.54, 1.807) is 12.1 Å². The first-order chi connectivity index (χ1) is 8.72. The zero-order chi connectivity index (χ0) is 13.0. The van der Waals surface area contributed by atoms with Crippen molar-refractivity contribution in [1.29, 1.82) is 0 Å². The Morgan fingerprint density at radius 1 is 1.33 bits per heavy atom. The Balaban J connectivity index is 2.31. The van der Waals surface area contributed by atoms with E-state index < -0.39 is 5.60 Å². The Labute approximate surface area is 106 Å². The van der Waals surface area contributed by atoms with Crippen LogP contribution in [0.25, 0.3) is 0 Å². The SMILES string of the molecule is CCOC1(c2ccccc2F)CCC(=NO)CC1. The van der Waals surface area contributed by atoms with Crippen molar-refractivity contribution in [3.8, 4) is 0 Å². The molecule has 3 nitrogen and oxygen atoms in total. The second-order valence-corrected chi connectivity index (χ2v) is 4.57. The molecule has 1 aliphatic rings. The summed E-state index contributed by atoms with van der Waals surface area (Å²) in [6, 6.07) is 6.76. The molecule has 1 aromatic carbocycles. The Morgan fingerprint density at radius 2 is 2.00 bits per heavy atom. The minimum Gasteiger partial charge on any atom is -0.411 e. The summed E-state index contributed by atoms with van der Waals surface area (Å²) in [6.45, 7) is 2.46. The highest BCUT2D eigenvalue weighted by Crippen LogP contribution is 2.40. The molecule has 1 fully saturated rings. The van der Waals surface area contributed by atoms with Crippen molar-refractivity contribution in [3.05, 3.63) is 35.6 Å². The largest absolute Gasteiger partial charge is 0.411 e. The van der Waals surface area contributed by atoms with Crippen LogP contribution < -0.4 is 0 Å². The van der Waals surface area contributed by atoms with Gasteiger partial charge in [0.05, 0.1) is 11.3 Å². The molecule has 0 heterocycles. The molecule has 1 saturated carbocycles. The molecule has 0 aromatic heterocycles. The highest BCUT2D eigenvalue weighted by atomic mass is 19.1. The Bertz CT molecular complexity index is 435. The Morgan fingerprint density at radius 3 is 2.56 bits per heavy atom. The number of hydrogen-bond acceptors (Lipinski definition) is 3. The van der Waals surface area contributed by atoms with Crippen LogP contribution >= 0.6 is 0 Å². The number of benzene rings is 1. The van der Waals surface area contributed by atoms with Gasteiger partial charge >= 0.3 is 0 Å². The zero-order valence-electron chi connectivity index (χ0n) is 10.5. The van der Waals surface area contributed by atoms with Gasteiger partial charge in [-0.1, -0.05) is 23.4 Å². The quantitative estimate of drug-likeness (QED) is 0.660. The van der Waals surface area contributed by atoms with Gasteiger partial charge in [-0.15, -0.1) is 0 Å². The number of rotatable bonds is 3. The van der Waals surface area contributed by atoms with Gasteiger partial charge in [0.15, 0.2) is 0 Å². The molecule has 1 N–H and O–H groups in total. The number of hydrogen-bond donors (Lipinski definition) is 1. The third-order valence-electron chi connectivity index (χ3n) is 3.56. The van der Waals surface area contributed by atoms with Crippen LogP contribution in [-0.4, -0.2) is 17.5 Å². The second kappa shape index (κ2) is 5.48. The third kappa shape index (κ3) is 2.38. The van der Waals surface area contributed by atoms with Crippen LogP contribution in [0.3, 0.4) is 0 Å². The average molecular weight is 251 g/mol. The van der Waals surface area contributed by atoms with Gasteiger partial charge in [-0.05, 0) is 38.7 Å². The van der Waals surface area contributed by atoms with E-state index in [9.17, 15) is 4.39 Å². The summed E-state index contributed by atoms with van der Waals surface area (Å²) in [5, 5.41) is 12.0. The summed E-state index contributed by atoms with van der Waals surface area (Å²) >= 11 is 0. The maximum atomic E-state index is 14.0. The minimum atomic E-state index is -0.575. The minimum absolute atomic E-state index is 0.227. The van der Waals surface area contributed by atoms with Crippen LogP contribution in [0, 0.1) is 5.82 Å². The molecule has 0 bridgehead atoms. The van der Waals surface area contributed by atoms with E-state index in [-0.39, 0.29) is 5.82 Å². The number of ether oxygens (including phenoxy) is 1. The maximum Gasteiger partial charge on any atom is 0.129 e. The van der Waals surface area contributed by atoms with Crippen LogP contribution in [0.4, 0.5) is 4.39 Å². The fourth-order valence-corrected chi connectivity index (χ4v) is 2.64.